The maximum Gasteiger partial charge on any atom is 0.0699 e. The van der Waals surface area contributed by atoms with E-state index in [1.807, 2.05) is 27.7 Å². The fraction of sp³-hybridized carbons (Fsp3) is 0.930. The van der Waals surface area contributed by atoms with Crippen LogP contribution in [0.2, 0.25) is 0 Å². The largest absolute Gasteiger partial charge is 0.391 e. The summed E-state index contributed by atoms with van der Waals surface area (Å²) in [4.78, 5) is 0. The van der Waals surface area contributed by atoms with E-state index in [4.69, 9.17) is 18.9 Å². The van der Waals surface area contributed by atoms with Crippen LogP contribution in [0.5, 0.6) is 0 Å². The molecule has 10 nitrogen and oxygen atoms in total. The van der Waals surface area contributed by atoms with Crippen LogP contribution in [0.4, 0.5) is 0 Å². The smallest absolute Gasteiger partial charge is 0.0699 e. The average Bonchev–Trinajstić information content (AvgIpc) is 0.778. The molecule has 96 heavy (non-hydrogen) atoms. The Morgan fingerprint density at radius 1 is 0.344 bits per heavy atom. The van der Waals surface area contributed by atoms with E-state index < -0.39 is 40.2 Å². The lowest BCUT2D eigenvalue weighted by Crippen LogP contribution is -2.58. The molecule has 7 unspecified atom stereocenters. The number of nitrogens with one attached hydrogen (secondary N) is 2. The minimum Gasteiger partial charge on any atom is -0.391 e. The highest BCUT2D eigenvalue weighted by Crippen LogP contribution is 2.56. The van der Waals surface area contributed by atoms with Crippen molar-refractivity contribution in [1.82, 2.24) is 10.6 Å². The van der Waals surface area contributed by atoms with Gasteiger partial charge in [-0.1, -0.05) is 183 Å². The summed E-state index contributed by atoms with van der Waals surface area (Å²) in [5, 5.41) is 55.1. The lowest BCUT2D eigenvalue weighted by atomic mass is 9.53. The Morgan fingerprint density at radius 2 is 0.635 bits per heavy atom. The monoisotopic (exact) mass is 1360 g/mol. The van der Waals surface area contributed by atoms with Gasteiger partial charge in [-0.05, 0) is 267 Å². The Labute approximate surface area is 598 Å². The van der Waals surface area contributed by atoms with E-state index in [2.05, 4.69) is 297 Å². The Bertz CT molecular complexity index is 2350. The van der Waals surface area contributed by atoms with Crippen molar-refractivity contribution in [3.05, 3.63) is 37.0 Å². The van der Waals surface area contributed by atoms with Gasteiger partial charge >= 0.3 is 0 Å². The molecule has 0 fully saturated rings. The van der Waals surface area contributed by atoms with E-state index in [-0.39, 0.29) is 101 Å². The zero-order valence-electron chi connectivity index (χ0n) is 71.7. The van der Waals surface area contributed by atoms with Crippen LogP contribution in [0.25, 0.3) is 0 Å². The van der Waals surface area contributed by atoms with Gasteiger partial charge in [0.05, 0.1) is 59.0 Å². The normalized spacial score (nSPS) is 17.7. The average molecular weight is 1360 g/mol. The highest BCUT2D eigenvalue weighted by Gasteiger charge is 2.50. The van der Waals surface area contributed by atoms with Gasteiger partial charge in [0.25, 0.3) is 0 Å². The van der Waals surface area contributed by atoms with Crippen molar-refractivity contribution in [3.63, 3.8) is 0 Å². The van der Waals surface area contributed by atoms with Crippen LogP contribution in [0.15, 0.2) is 37.0 Å². The van der Waals surface area contributed by atoms with Crippen LogP contribution in [-0.2, 0) is 18.9 Å². The van der Waals surface area contributed by atoms with Crippen LogP contribution in [-0.4, -0.2) is 116 Å². The maximum atomic E-state index is 13.0. The summed E-state index contributed by atoms with van der Waals surface area (Å²) >= 11 is 0. The van der Waals surface area contributed by atoms with Gasteiger partial charge in [0, 0.05) is 36.4 Å². The van der Waals surface area contributed by atoms with E-state index in [1.165, 1.54) is 0 Å². The predicted octanol–water partition coefficient (Wildman–Crippen LogP) is 21.7. The molecule has 7 atom stereocenters. The molecule has 0 spiro atoms. The van der Waals surface area contributed by atoms with Gasteiger partial charge in [-0.15, -0.1) is 6.58 Å². The molecule has 0 saturated heterocycles. The first-order valence-electron chi connectivity index (χ1n) is 38.0. The first-order chi connectivity index (χ1) is 42.1. The summed E-state index contributed by atoms with van der Waals surface area (Å²) in [7, 11) is 0. The van der Waals surface area contributed by atoms with Crippen LogP contribution >= 0.6 is 0 Å². The summed E-state index contributed by atoms with van der Waals surface area (Å²) in [5.74, 6) is 0.420. The van der Waals surface area contributed by atoms with Crippen LogP contribution in [0, 0.1) is 71.9 Å². The lowest BCUT2D eigenvalue weighted by molar-refractivity contribution is -0.128. The summed E-state index contributed by atoms with van der Waals surface area (Å²) in [6, 6.07) is -0.564. The van der Waals surface area contributed by atoms with E-state index in [1.54, 1.807) is 0 Å². The van der Waals surface area contributed by atoms with Gasteiger partial charge in [-0.2, -0.15) is 0 Å². The molecule has 0 bridgehead atoms. The molecule has 0 aliphatic rings. The first kappa shape index (κ1) is 94.8. The van der Waals surface area contributed by atoms with Crippen LogP contribution < -0.4 is 10.6 Å². The third-order valence-electron chi connectivity index (χ3n) is 26.6. The molecule has 0 aliphatic heterocycles. The number of hydrogen-bond donors (Lipinski definition) is 6. The quantitative estimate of drug-likeness (QED) is 0.0326. The van der Waals surface area contributed by atoms with Crippen molar-refractivity contribution in [2.75, 3.05) is 26.4 Å². The van der Waals surface area contributed by atoms with Gasteiger partial charge in [-0.3, -0.25) is 0 Å². The van der Waals surface area contributed by atoms with Crippen LogP contribution in [0.1, 0.15) is 348 Å². The molecule has 0 heterocycles. The van der Waals surface area contributed by atoms with Gasteiger partial charge in [0.1, 0.15) is 0 Å². The number of aliphatic hydroxyl groups is 4. The third-order valence-corrected chi connectivity index (χ3v) is 26.6. The molecule has 0 saturated carbocycles. The van der Waals surface area contributed by atoms with Gasteiger partial charge in [0.15, 0.2) is 0 Å². The zero-order chi connectivity index (χ0) is 76.4. The summed E-state index contributed by atoms with van der Waals surface area (Å²) < 4.78 is 26.0. The molecule has 0 rings (SSSR count). The van der Waals surface area contributed by atoms with Gasteiger partial charge in [-0.25, -0.2) is 0 Å². The maximum absolute atomic E-state index is 13.0. The number of hydrogen-bond acceptors (Lipinski definition) is 10. The van der Waals surface area contributed by atoms with Gasteiger partial charge < -0.3 is 50.0 Å². The molecule has 0 aromatic heterocycles. The number of allylic oxidation sites excluding steroid dienone is 4. The standard InChI is InChI=1S/C86H170N2O8/c1-42-64(82(32,33)73(14,15)49-44-43-47-71(10,11)79(26,27)59-68(90)66(57-81(30,31)92)88-84(36,37)63(3)61-96-86(40,41)75(18,19)52-54-94-70(7,8)9)55-76(20,21)77(22,23)56-65(67(89)58-78(24,25)72(12,13)48-45-46-50-80(28,29)91)87-83(34,35)62(2)60-95-85(38,39)74(16,17)51-53-93-69(4,5)6/h42-46,62-68,87-92H,1,47-61H2,2-41H3. The van der Waals surface area contributed by atoms with Crippen molar-refractivity contribution < 1.29 is 39.4 Å². The van der Waals surface area contributed by atoms with Crippen molar-refractivity contribution in [2.24, 2.45) is 71.9 Å². The van der Waals surface area contributed by atoms with E-state index >= 15 is 0 Å². The van der Waals surface area contributed by atoms with Crippen molar-refractivity contribution in [1.29, 1.82) is 0 Å². The summed E-state index contributed by atoms with van der Waals surface area (Å²) in [6.45, 7) is 96.4. The lowest BCUT2D eigenvalue weighted by Gasteiger charge is -2.53. The SMILES string of the molecule is C=CC(CC(C)(C)C(C)(C)CC(NC(C)(C)C(C)COC(C)(C)C(C)(C)CCOC(C)(C)C)C(O)CC(C)(C)C(C)(C)CC=CCC(C)(C)O)C(C)(C)C(C)(C)CC=CCC(C)(C)C(C)(C)CC(O)C(CC(C)(C)O)NC(C)(C)C(C)COC(C)(C)C(C)(C)CCOC(C)(C)C. The molecule has 572 valence electrons. The topological polar surface area (TPSA) is 142 Å². The van der Waals surface area contributed by atoms with Crippen molar-refractivity contribution >= 4 is 0 Å². The highest BCUT2D eigenvalue weighted by atomic mass is 16.5. The minimum atomic E-state index is -0.987. The highest BCUT2D eigenvalue weighted by molar-refractivity contribution is 5.08. The van der Waals surface area contributed by atoms with Crippen molar-refractivity contribution in [2.45, 2.75) is 417 Å². The molecule has 0 aromatic rings. The molecule has 6 N–H and O–H groups in total. The summed E-state index contributed by atoms with van der Waals surface area (Å²) in [6.07, 6.45) is 18.3. The molecular weight excluding hydrogens is 1190 g/mol. The molecule has 10 heteroatoms. The second-order valence-electron chi connectivity index (χ2n) is 42.9. The van der Waals surface area contributed by atoms with Crippen LogP contribution in [0.3, 0.4) is 0 Å². The summed E-state index contributed by atoms with van der Waals surface area (Å²) in [5.41, 5.74) is -5.36. The predicted molar refractivity (Wildman–Crippen MR) is 417 cm³/mol. The number of rotatable bonds is 46. The Morgan fingerprint density at radius 3 is 0.938 bits per heavy atom. The Hall–Kier alpha value is -1.18. The first-order valence-corrected chi connectivity index (χ1v) is 38.0. The van der Waals surface area contributed by atoms with E-state index in [0.717, 1.165) is 44.9 Å². The fourth-order valence-corrected chi connectivity index (χ4v) is 12.6. The Balaban J connectivity index is 6.87. The van der Waals surface area contributed by atoms with Crippen molar-refractivity contribution in [3.8, 4) is 0 Å². The van der Waals surface area contributed by atoms with E-state index in [9.17, 15) is 20.4 Å². The number of ether oxygens (including phenoxy) is 4. The zero-order valence-corrected chi connectivity index (χ0v) is 71.7. The molecule has 0 amide bonds. The second kappa shape index (κ2) is 34.2. The fourth-order valence-electron chi connectivity index (χ4n) is 12.6. The van der Waals surface area contributed by atoms with Gasteiger partial charge in [0.2, 0.25) is 0 Å². The number of aliphatic hydroxyl groups excluding tert-OH is 2. The third kappa shape index (κ3) is 29.9. The van der Waals surface area contributed by atoms with E-state index in [0.29, 0.717) is 52.1 Å². The molecule has 0 aromatic carbocycles. The molecule has 0 radical (unpaired) electrons. The molecule has 0 aliphatic carbocycles. The minimum absolute atomic E-state index is 0.0925. The molecular formula is C86H170N2O8. The second-order valence-corrected chi connectivity index (χ2v) is 42.9. The Kier molecular flexibility index (Phi) is 33.7.